The van der Waals surface area contributed by atoms with Gasteiger partial charge in [0, 0.05) is 16.7 Å². The van der Waals surface area contributed by atoms with E-state index < -0.39 is 34.4 Å². The Balaban J connectivity index is 2.72. The van der Waals surface area contributed by atoms with Crippen LogP contribution in [0.2, 0.25) is 0 Å². The first-order chi connectivity index (χ1) is 8.41. The highest BCUT2D eigenvalue weighted by molar-refractivity contribution is 5.66. The monoisotopic (exact) mass is 254 g/mol. The van der Waals surface area contributed by atoms with Crippen LogP contribution in [0.3, 0.4) is 0 Å². The molecule has 18 heavy (non-hydrogen) atoms. The van der Waals surface area contributed by atoms with Crippen molar-refractivity contribution in [2.45, 2.75) is 13.8 Å². The summed E-state index contributed by atoms with van der Waals surface area (Å²) in [4.78, 5) is 0. The number of benzene rings is 2. The van der Waals surface area contributed by atoms with Crippen molar-refractivity contribution in [3.05, 3.63) is 58.7 Å². The number of rotatable bonds is 1. The van der Waals surface area contributed by atoms with Crippen LogP contribution in [0.1, 0.15) is 11.1 Å². The first kappa shape index (κ1) is 12.6. The standard InChI is InChI=1S/C14H10F4/c1-7-3-4-9(12(16)5-7)10-6-11(15)8(2)13(17)14(10)18/h3-6H,1-2H3. The van der Waals surface area contributed by atoms with Crippen LogP contribution in [0.25, 0.3) is 11.1 Å². The maximum atomic E-state index is 13.7. The molecule has 0 aliphatic heterocycles. The zero-order valence-corrected chi connectivity index (χ0v) is 9.82. The molecule has 0 fully saturated rings. The van der Waals surface area contributed by atoms with Gasteiger partial charge in [0.1, 0.15) is 11.6 Å². The fourth-order valence-electron chi connectivity index (χ4n) is 1.72. The third-order valence-electron chi connectivity index (χ3n) is 2.80. The molecule has 0 saturated carbocycles. The summed E-state index contributed by atoms with van der Waals surface area (Å²) in [6.45, 7) is 2.79. The van der Waals surface area contributed by atoms with Gasteiger partial charge in [-0.3, -0.25) is 0 Å². The van der Waals surface area contributed by atoms with Crippen LogP contribution >= 0.6 is 0 Å². The van der Waals surface area contributed by atoms with Crippen molar-refractivity contribution in [3.8, 4) is 11.1 Å². The summed E-state index contributed by atoms with van der Waals surface area (Å²) in [6, 6.07) is 4.84. The highest BCUT2D eigenvalue weighted by Crippen LogP contribution is 2.30. The highest BCUT2D eigenvalue weighted by atomic mass is 19.2. The zero-order valence-electron chi connectivity index (χ0n) is 9.82. The average Bonchev–Trinajstić information content (AvgIpc) is 2.32. The van der Waals surface area contributed by atoms with E-state index in [-0.39, 0.29) is 5.56 Å². The summed E-state index contributed by atoms with van der Waals surface area (Å²) in [7, 11) is 0. The Bertz CT molecular complexity index is 618. The quantitative estimate of drug-likeness (QED) is 0.518. The average molecular weight is 254 g/mol. The minimum absolute atomic E-state index is 0.157. The van der Waals surface area contributed by atoms with Gasteiger partial charge in [-0.2, -0.15) is 0 Å². The number of aryl methyl sites for hydroxylation is 1. The summed E-state index contributed by atoms with van der Waals surface area (Å²) >= 11 is 0. The lowest BCUT2D eigenvalue weighted by atomic mass is 10.0. The van der Waals surface area contributed by atoms with E-state index in [0.29, 0.717) is 5.56 Å². The maximum absolute atomic E-state index is 13.7. The van der Waals surface area contributed by atoms with E-state index in [1.807, 2.05) is 0 Å². The molecular weight excluding hydrogens is 244 g/mol. The summed E-state index contributed by atoms with van der Waals surface area (Å²) in [5.41, 5.74) is -0.336. The molecule has 0 radical (unpaired) electrons. The summed E-state index contributed by atoms with van der Waals surface area (Å²) in [5, 5.41) is 0. The van der Waals surface area contributed by atoms with E-state index in [0.717, 1.165) is 13.0 Å². The molecule has 0 N–H and O–H groups in total. The second-order valence-corrected chi connectivity index (χ2v) is 4.14. The number of halogens is 4. The summed E-state index contributed by atoms with van der Waals surface area (Å²) < 4.78 is 54.2. The van der Waals surface area contributed by atoms with Gasteiger partial charge in [0.15, 0.2) is 11.6 Å². The second-order valence-electron chi connectivity index (χ2n) is 4.14. The van der Waals surface area contributed by atoms with E-state index >= 15 is 0 Å². The maximum Gasteiger partial charge on any atom is 0.167 e. The molecule has 0 bridgehead atoms. The van der Waals surface area contributed by atoms with Crippen molar-refractivity contribution in [1.29, 1.82) is 0 Å². The molecule has 2 aromatic carbocycles. The van der Waals surface area contributed by atoms with Crippen molar-refractivity contribution in [3.63, 3.8) is 0 Å². The Morgan fingerprint density at radius 1 is 0.722 bits per heavy atom. The zero-order chi connectivity index (χ0) is 13.4. The summed E-state index contributed by atoms with van der Waals surface area (Å²) in [6.07, 6.45) is 0. The molecule has 2 rings (SSSR count). The molecule has 4 heteroatoms. The normalized spacial score (nSPS) is 10.8. The van der Waals surface area contributed by atoms with E-state index in [4.69, 9.17) is 0 Å². The Kier molecular flexibility index (Phi) is 3.11. The molecule has 2 aromatic rings. The molecule has 0 spiro atoms. The van der Waals surface area contributed by atoms with E-state index in [9.17, 15) is 17.6 Å². The van der Waals surface area contributed by atoms with Crippen LogP contribution in [0.15, 0.2) is 24.3 Å². The predicted molar refractivity (Wildman–Crippen MR) is 61.2 cm³/mol. The van der Waals surface area contributed by atoms with Crippen molar-refractivity contribution in [2.24, 2.45) is 0 Å². The van der Waals surface area contributed by atoms with Crippen LogP contribution < -0.4 is 0 Å². The Labute approximate surface area is 102 Å². The highest BCUT2D eigenvalue weighted by Gasteiger charge is 2.18. The molecule has 0 aliphatic rings. The molecule has 0 amide bonds. The molecular formula is C14H10F4. The summed E-state index contributed by atoms with van der Waals surface area (Å²) in [5.74, 6) is -4.14. The van der Waals surface area contributed by atoms with Crippen LogP contribution in [0.5, 0.6) is 0 Å². The lowest BCUT2D eigenvalue weighted by molar-refractivity contribution is 0.488. The minimum atomic E-state index is -1.29. The molecule has 0 heterocycles. The third-order valence-corrected chi connectivity index (χ3v) is 2.80. The molecule has 0 atom stereocenters. The smallest absolute Gasteiger partial charge is 0.167 e. The van der Waals surface area contributed by atoms with E-state index in [1.54, 1.807) is 13.0 Å². The fourth-order valence-corrected chi connectivity index (χ4v) is 1.72. The van der Waals surface area contributed by atoms with Gasteiger partial charge in [0.05, 0.1) is 0 Å². The molecule has 94 valence electrons. The molecule has 0 aliphatic carbocycles. The van der Waals surface area contributed by atoms with Gasteiger partial charge < -0.3 is 0 Å². The van der Waals surface area contributed by atoms with Gasteiger partial charge in [0.2, 0.25) is 0 Å². The Morgan fingerprint density at radius 2 is 1.39 bits per heavy atom. The van der Waals surface area contributed by atoms with Crippen LogP contribution in [0.4, 0.5) is 17.6 Å². The third kappa shape index (κ3) is 1.98. The van der Waals surface area contributed by atoms with Gasteiger partial charge in [0.25, 0.3) is 0 Å². The Morgan fingerprint density at radius 3 is 2.00 bits per heavy atom. The van der Waals surface area contributed by atoms with Crippen molar-refractivity contribution in [2.75, 3.05) is 0 Å². The molecule has 0 saturated heterocycles. The number of hydrogen-bond acceptors (Lipinski definition) is 0. The van der Waals surface area contributed by atoms with Crippen LogP contribution in [-0.4, -0.2) is 0 Å². The first-order valence-electron chi connectivity index (χ1n) is 5.32. The van der Waals surface area contributed by atoms with E-state index in [1.165, 1.54) is 12.1 Å². The molecule has 0 unspecified atom stereocenters. The van der Waals surface area contributed by atoms with Crippen molar-refractivity contribution in [1.82, 2.24) is 0 Å². The topological polar surface area (TPSA) is 0 Å². The van der Waals surface area contributed by atoms with Crippen LogP contribution in [0, 0.1) is 37.1 Å². The van der Waals surface area contributed by atoms with E-state index in [2.05, 4.69) is 0 Å². The van der Waals surface area contributed by atoms with Gasteiger partial charge in [-0.1, -0.05) is 12.1 Å². The molecule has 0 aromatic heterocycles. The van der Waals surface area contributed by atoms with Crippen molar-refractivity contribution >= 4 is 0 Å². The molecule has 0 nitrogen and oxygen atoms in total. The second kappa shape index (κ2) is 4.44. The largest absolute Gasteiger partial charge is 0.207 e. The van der Waals surface area contributed by atoms with Gasteiger partial charge in [-0.05, 0) is 31.5 Å². The number of hydrogen-bond donors (Lipinski definition) is 0. The predicted octanol–water partition coefficient (Wildman–Crippen LogP) is 4.53. The fraction of sp³-hybridized carbons (Fsp3) is 0.143. The SMILES string of the molecule is Cc1ccc(-c2cc(F)c(C)c(F)c2F)c(F)c1. The minimum Gasteiger partial charge on any atom is -0.207 e. The van der Waals surface area contributed by atoms with Crippen molar-refractivity contribution < 1.29 is 17.6 Å². The van der Waals surface area contributed by atoms with Gasteiger partial charge >= 0.3 is 0 Å². The van der Waals surface area contributed by atoms with Crippen LogP contribution in [-0.2, 0) is 0 Å². The first-order valence-corrected chi connectivity index (χ1v) is 5.32. The van der Waals surface area contributed by atoms with Gasteiger partial charge in [-0.15, -0.1) is 0 Å². The Hall–Kier alpha value is -1.84. The lowest BCUT2D eigenvalue weighted by Crippen LogP contribution is -1.99. The van der Waals surface area contributed by atoms with Gasteiger partial charge in [-0.25, -0.2) is 17.6 Å². The lowest BCUT2D eigenvalue weighted by Gasteiger charge is -2.09.